The van der Waals surface area contributed by atoms with Crippen molar-refractivity contribution in [3.8, 4) is 45.3 Å². The van der Waals surface area contributed by atoms with Crippen LogP contribution in [-0.2, 0) is 0 Å². The van der Waals surface area contributed by atoms with E-state index >= 15 is 0 Å². The Morgan fingerprint density at radius 1 is 0.368 bits per heavy atom. The summed E-state index contributed by atoms with van der Waals surface area (Å²) in [6.07, 6.45) is 0. The first-order valence-corrected chi connectivity index (χ1v) is 19.3. The van der Waals surface area contributed by atoms with Crippen LogP contribution in [0.2, 0.25) is 0 Å². The van der Waals surface area contributed by atoms with Gasteiger partial charge in [0.25, 0.3) is 0 Å². The molecule has 4 aromatic heterocycles. The summed E-state index contributed by atoms with van der Waals surface area (Å²) in [6.45, 7) is 0. The number of benzene rings is 8. The van der Waals surface area contributed by atoms with E-state index in [1.54, 1.807) is 0 Å². The third kappa shape index (κ3) is 4.82. The van der Waals surface area contributed by atoms with Gasteiger partial charge in [-0.25, -0.2) is 9.97 Å². The average molecular weight is 729 g/mol. The SMILES string of the molecule is c1ccc(-c2cc(-c3ccccc3)nc(-c3cccc4c3oc3ccc(-n5c6ccccc6c6ccc7c8ccccc8n(-c8ccccc8)c7c65)cc34)n2)cc1. The van der Waals surface area contributed by atoms with Crippen LogP contribution in [0.25, 0.3) is 111 Å². The Labute approximate surface area is 327 Å². The van der Waals surface area contributed by atoms with Crippen molar-refractivity contribution in [1.29, 1.82) is 0 Å². The van der Waals surface area contributed by atoms with Crippen molar-refractivity contribution in [3.63, 3.8) is 0 Å². The quantitative estimate of drug-likeness (QED) is 0.177. The summed E-state index contributed by atoms with van der Waals surface area (Å²) in [5.41, 5.74) is 13.1. The Bertz CT molecular complexity index is 3450. The molecule has 0 atom stereocenters. The van der Waals surface area contributed by atoms with Gasteiger partial charge in [-0.2, -0.15) is 0 Å². The third-order valence-corrected chi connectivity index (χ3v) is 11.3. The molecule has 0 aliphatic heterocycles. The summed E-state index contributed by atoms with van der Waals surface area (Å²) in [6, 6.07) is 68.3. The average Bonchev–Trinajstić information content (AvgIpc) is 3.95. The third-order valence-electron chi connectivity index (χ3n) is 11.3. The number of nitrogens with zero attached hydrogens (tertiary/aromatic N) is 4. The second kappa shape index (κ2) is 12.4. The Morgan fingerprint density at radius 3 is 1.51 bits per heavy atom. The number of aromatic nitrogens is 4. The second-order valence-corrected chi connectivity index (χ2v) is 14.6. The van der Waals surface area contributed by atoms with Crippen molar-refractivity contribution in [2.75, 3.05) is 0 Å². The number of hydrogen-bond donors (Lipinski definition) is 0. The van der Waals surface area contributed by atoms with E-state index in [0.29, 0.717) is 5.82 Å². The molecule has 0 aliphatic rings. The number of hydrogen-bond acceptors (Lipinski definition) is 3. The molecule has 0 saturated heterocycles. The molecule has 0 amide bonds. The van der Waals surface area contributed by atoms with Crippen molar-refractivity contribution in [2.24, 2.45) is 0 Å². The lowest BCUT2D eigenvalue weighted by Crippen LogP contribution is -1.98. The van der Waals surface area contributed by atoms with E-state index in [4.69, 9.17) is 14.4 Å². The highest BCUT2D eigenvalue weighted by atomic mass is 16.3. The van der Waals surface area contributed by atoms with Crippen molar-refractivity contribution in [3.05, 3.63) is 194 Å². The highest BCUT2D eigenvalue weighted by Crippen LogP contribution is 2.43. The van der Waals surface area contributed by atoms with Crippen LogP contribution >= 0.6 is 0 Å². The molecular weight excluding hydrogens is 697 g/mol. The van der Waals surface area contributed by atoms with Crippen LogP contribution in [0.15, 0.2) is 199 Å². The Hall–Kier alpha value is -7.76. The van der Waals surface area contributed by atoms with Crippen LogP contribution in [0.5, 0.6) is 0 Å². The summed E-state index contributed by atoms with van der Waals surface area (Å²) in [5, 5.41) is 6.92. The van der Waals surface area contributed by atoms with Crippen molar-refractivity contribution < 1.29 is 4.42 Å². The molecule has 0 unspecified atom stereocenters. The van der Waals surface area contributed by atoms with Crippen LogP contribution in [0.1, 0.15) is 0 Å². The van der Waals surface area contributed by atoms with Gasteiger partial charge in [-0.05, 0) is 54.6 Å². The molecule has 0 saturated carbocycles. The van der Waals surface area contributed by atoms with Crippen LogP contribution in [0, 0.1) is 0 Å². The molecule has 57 heavy (non-hydrogen) atoms. The predicted molar refractivity (Wildman–Crippen MR) is 234 cm³/mol. The van der Waals surface area contributed by atoms with Gasteiger partial charge in [-0.15, -0.1) is 0 Å². The Kier molecular flexibility index (Phi) is 6.86. The largest absolute Gasteiger partial charge is 0.455 e. The first kappa shape index (κ1) is 31.6. The van der Waals surface area contributed by atoms with Gasteiger partial charge >= 0.3 is 0 Å². The fourth-order valence-electron chi connectivity index (χ4n) is 8.80. The molecule has 8 aromatic carbocycles. The van der Waals surface area contributed by atoms with E-state index in [-0.39, 0.29) is 0 Å². The lowest BCUT2D eigenvalue weighted by Gasteiger charge is -2.12. The van der Waals surface area contributed by atoms with Gasteiger partial charge in [0, 0.05) is 54.8 Å². The first-order chi connectivity index (χ1) is 28.3. The maximum absolute atomic E-state index is 6.77. The van der Waals surface area contributed by atoms with Crippen molar-refractivity contribution >= 4 is 65.6 Å². The van der Waals surface area contributed by atoms with E-state index in [1.165, 1.54) is 38.1 Å². The summed E-state index contributed by atoms with van der Waals surface area (Å²) >= 11 is 0. The fourth-order valence-corrected chi connectivity index (χ4v) is 8.80. The minimum atomic E-state index is 0.624. The van der Waals surface area contributed by atoms with Crippen LogP contribution in [-0.4, -0.2) is 19.1 Å². The zero-order chi connectivity index (χ0) is 37.5. The molecule has 0 N–H and O–H groups in total. The standard InChI is InChI=1S/C52H32N4O/c1-4-15-33(16-5-1)44-32-45(34-17-6-2-7-18-34)54-52(53-44)42-24-14-23-41-43-31-36(27-30-48(43)57-51(41)42)56-47-26-13-11-22-38(47)40-29-28-39-37-21-10-12-25-46(37)55(49(39)50(40)56)35-19-8-3-9-20-35/h1-32H. The molecule has 0 aliphatic carbocycles. The van der Waals surface area contributed by atoms with E-state index in [9.17, 15) is 0 Å². The van der Waals surface area contributed by atoms with Crippen LogP contribution < -0.4 is 0 Å². The molecule has 12 aromatic rings. The number of fused-ring (bicyclic) bond motifs is 10. The molecule has 12 rings (SSSR count). The topological polar surface area (TPSA) is 48.8 Å². The number of para-hydroxylation sites is 4. The van der Waals surface area contributed by atoms with Gasteiger partial charge in [-0.3, -0.25) is 0 Å². The molecular formula is C52H32N4O. The zero-order valence-electron chi connectivity index (χ0n) is 30.7. The van der Waals surface area contributed by atoms with E-state index < -0.39 is 0 Å². The van der Waals surface area contributed by atoms with Gasteiger partial charge in [-0.1, -0.05) is 140 Å². The van der Waals surface area contributed by atoms with Gasteiger partial charge in [0.05, 0.1) is 39.0 Å². The van der Waals surface area contributed by atoms with Gasteiger partial charge in [0.2, 0.25) is 0 Å². The summed E-state index contributed by atoms with van der Waals surface area (Å²) in [7, 11) is 0. The molecule has 5 nitrogen and oxygen atoms in total. The minimum absolute atomic E-state index is 0.624. The number of furan rings is 1. The molecule has 0 radical (unpaired) electrons. The van der Waals surface area contributed by atoms with E-state index in [1.807, 2.05) is 36.4 Å². The normalized spacial score (nSPS) is 11.9. The van der Waals surface area contributed by atoms with E-state index in [0.717, 1.165) is 66.9 Å². The molecule has 0 fully saturated rings. The molecule has 5 heteroatoms. The maximum Gasteiger partial charge on any atom is 0.164 e. The van der Waals surface area contributed by atoms with Gasteiger partial charge in [0.15, 0.2) is 5.82 Å². The summed E-state index contributed by atoms with van der Waals surface area (Å²) in [4.78, 5) is 10.3. The Morgan fingerprint density at radius 2 is 0.895 bits per heavy atom. The number of rotatable bonds is 5. The fraction of sp³-hybridized carbons (Fsp3) is 0. The molecule has 266 valence electrons. The smallest absolute Gasteiger partial charge is 0.164 e. The lowest BCUT2D eigenvalue weighted by atomic mass is 10.1. The summed E-state index contributed by atoms with van der Waals surface area (Å²) < 4.78 is 11.6. The molecule has 0 spiro atoms. The predicted octanol–water partition coefficient (Wildman–Crippen LogP) is 13.6. The lowest BCUT2D eigenvalue weighted by molar-refractivity contribution is 0.669. The van der Waals surface area contributed by atoms with Crippen molar-refractivity contribution in [1.82, 2.24) is 19.1 Å². The second-order valence-electron chi connectivity index (χ2n) is 14.6. The molecule has 0 bridgehead atoms. The zero-order valence-corrected chi connectivity index (χ0v) is 30.7. The monoisotopic (exact) mass is 728 g/mol. The maximum atomic E-state index is 6.77. The first-order valence-electron chi connectivity index (χ1n) is 19.3. The Balaban J connectivity index is 1.12. The van der Waals surface area contributed by atoms with Crippen molar-refractivity contribution in [2.45, 2.75) is 0 Å². The van der Waals surface area contributed by atoms with E-state index in [2.05, 4.69) is 167 Å². The van der Waals surface area contributed by atoms with Crippen LogP contribution in [0.4, 0.5) is 0 Å². The highest BCUT2D eigenvalue weighted by Gasteiger charge is 2.22. The highest BCUT2D eigenvalue weighted by molar-refractivity contribution is 6.24. The van der Waals surface area contributed by atoms with Gasteiger partial charge < -0.3 is 13.6 Å². The van der Waals surface area contributed by atoms with Gasteiger partial charge in [0.1, 0.15) is 11.2 Å². The minimum Gasteiger partial charge on any atom is -0.455 e. The van der Waals surface area contributed by atoms with Crippen LogP contribution in [0.3, 0.4) is 0 Å². The molecule has 4 heterocycles. The summed E-state index contributed by atoms with van der Waals surface area (Å²) in [5.74, 6) is 0.624.